The molecule has 3 heteroatoms. The zero-order valence-electron chi connectivity index (χ0n) is 8.29. The molecule has 72 valence electrons. The van der Waals surface area contributed by atoms with Crippen LogP contribution in [0.5, 0.6) is 0 Å². The molecule has 0 rings (SSSR count). The summed E-state index contributed by atoms with van der Waals surface area (Å²) < 4.78 is 5.87. The third-order valence-corrected chi connectivity index (χ3v) is 2.67. The SMILES string of the molecule is CCOC(=S)SC(C)CC(C)C. The minimum atomic E-state index is 0.573. The Balaban J connectivity index is 3.54. The van der Waals surface area contributed by atoms with Gasteiger partial charge in [-0.2, -0.15) is 0 Å². The van der Waals surface area contributed by atoms with E-state index in [1.54, 1.807) is 11.8 Å². The van der Waals surface area contributed by atoms with Gasteiger partial charge in [0.15, 0.2) is 0 Å². The number of rotatable bonds is 4. The van der Waals surface area contributed by atoms with Crippen LogP contribution in [0.3, 0.4) is 0 Å². The molecule has 0 aromatic heterocycles. The van der Waals surface area contributed by atoms with Gasteiger partial charge >= 0.3 is 0 Å². The Morgan fingerprint density at radius 3 is 2.42 bits per heavy atom. The highest BCUT2D eigenvalue weighted by Crippen LogP contribution is 2.20. The summed E-state index contributed by atoms with van der Waals surface area (Å²) in [6, 6.07) is 0. The second kappa shape index (κ2) is 6.72. The van der Waals surface area contributed by atoms with Gasteiger partial charge in [-0.1, -0.05) is 32.5 Å². The van der Waals surface area contributed by atoms with E-state index in [1.807, 2.05) is 6.92 Å². The van der Waals surface area contributed by atoms with Gasteiger partial charge in [-0.15, -0.1) is 0 Å². The molecule has 0 N–H and O–H groups in total. The second-order valence-corrected chi connectivity index (χ2v) is 5.28. The standard InChI is InChI=1S/C9H18OS2/c1-5-10-9(11)12-8(4)6-7(2)3/h7-8H,5-6H2,1-4H3. The van der Waals surface area contributed by atoms with Gasteiger partial charge in [0.1, 0.15) is 0 Å². The molecule has 0 aliphatic carbocycles. The summed E-state index contributed by atoms with van der Waals surface area (Å²) in [5, 5.41) is 0.573. The van der Waals surface area contributed by atoms with Gasteiger partial charge in [-0.3, -0.25) is 0 Å². The lowest BCUT2D eigenvalue weighted by Crippen LogP contribution is -2.06. The molecule has 1 nitrogen and oxygen atoms in total. The van der Waals surface area contributed by atoms with Gasteiger partial charge < -0.3 is 4.74 Å². The minimum Gasteiger partial charge on any atom is -0.479 e. The van der Waals surface area contributed by atoms with E-state index < -0.39 is 0 Å². The topological polar surface area (TPSA) is 9.23 Å². The zero-order chi connectivity index (χ0) is 9.56. The van der Waals surface area contributed by atoms with Crippen LogP contribution < -0.4 is 0 Å². The predicted octanol–water partition coefficient (Wildman–Crippen LogP) is 3.48. The second-order valence-electron chi connectivity index (χ2n) is 3.24. The highest BCUT2D eigenvalue weighted by atomic mass is 32.2. The molecule has 0 aliphatic rings. The van der Waals surface area contributed by atoms with Crippen molar-refractivity contribution in [1.29, 1.82) is 0 Å². The first-order chi connectivity index (χ1) is 5.56. The molecule has 0 amide bonds. The number of ether oxygens (including phenoxy) is 1. The zero-order valence-corrected chi connectivity index (χ0v) is 9.93. The van der Waals surface area contributed by atoms with Crippen molar-refractivity contribution in [2.45, 2.75) is 39.4 Å². The molecule has 0 saturated heterocycles. The molecule has 0 aliphatic heterocycles. The van der Waals surface area contributed by atoms with Crippen molar-refractivity contribution in [3.8, 4) is 0 Å². The lowest BCUT2D eigenvalue weighted by atomic mass is 10.1. The number of thiocarbonyl (C=S) groups is 1. The van der Waals surface area contributed by atoms with Crippen molar-refractivity contribution in [1.82, 2.24) is 0 Å². The average molecular weight is 206 g/mol. The van der Waals surface area contributed by atoms with Crippen LogP contribution in [0.2, 0.25) is 0 Å². The van der Waals surface area contributed by atoms with Crippen molar-refractivity contribution in [2.24, 2.45) is 5.92 Å². The molecule has 0 aromatic rings. The van der Waals surface area contributed by atoms with Crippen LogP contribution in [0.15, 0.2) is 0 Å². The molecule has 1 unspecified atom stereocenters. The number of thioether (sulfide) groups is 1. The first-order valence-corrected chi connectivity index (χ1v) is 5.68. The summed E-state index contributed by atoms with van der Waals surface area (Å²) in [6.07, 6.45) is 1.19. The summed E-state index contributed by atoms with van der Waals surface area (Å²) in [7, 11) is 0. The summed E-state index contributed by atoms with van der Waals surface area (Å²) in [6.45, 7) is 9.28. The maximum absolute atomic E-state index is 5.19. The van der Waals surface area contributed by atoms with E-state index in [0.717, 1.165) is 5.92 Å². The molecule has 0 radical (unpaired) electrons. The van der Waals surface area contributed by atoms with Crippen molar-refractivity contribution >= 4 is 28.4 Å². The van der Waals surface area contributed by atoms with E-state index in [0.29, 0.717) is 16.2 Å². The molecule has 0 saturated carbocycles. The molecule has 0 heterocycles. The summed E-state index contributed by atoms with van der Waals surface area (Å²) in [5.41, 5.74) is 0. The molecule has 12 heavy (non-hydrogen) atoms. The number of hydrogen-bond acceptors (Lipinski definition) is 3. The smallest absolute Gasteiger partial charge is 0.220 e. The molecule has 0 spiro atoms. The van der Waals surface area contributed by atoms with Crippen molar-refractivity contribution < 1.29 is 4.74 Å². The van der Waals surface area contributed by atoms with E-state index in [1.165, 1.54) is 6.42 Å². The van der Waals surface area contributed by atoms with Gasteiger partial charge in [0.05, 0.1) is 6.61 Å². The summed E-state index contributed by atoms with van der Waals surface area (Å²) in [4.78, 5) is 0. The normalized spacial score (nSPS) is 13.1. The Morgan fingerprint density at radius 1 is 1.42 bits per heavy atom. The Hall–Kier alpha value is 0.240. The molecular weight excluding hydrogens is 188 g/mol. The molecule has 0 bridgehead atoms. The third-order valence-electron chi connectivity index (χ3n) is 1.36. The number of hydrogen-bond donors (Lipinski definition) is 0. The maximum Gasteiger partial charge on any atom is 0.220 e. The van der Waals surface area contributed by atoms with E-state index in [2.05, 4.69) is 20.8 Å². The van der Waals surface area contributed by atoms with Gasteiger partial charge in [0.2, 0.25) is 4.38 Å². The van der Waals surface area contributed by atoms with Crippen LogP contribution in [-0.2, 0) is 4.74 Å². The predicted molar refractivity (Wildman–Crippen MR) is 60.7 cm³/mol. The van der Waals surface area contributed by atoms with Crippen molar-refractivity contribution in [3.63, 3.8) is 0 Å². The van der Waals surface area contributed by atoms with E-state index in [9.17, 15) is 0 Å². The van der Waals surface area contributed by atoms with Crippen LogP contribution in [0.25, 0.3) is 0 Å². The van der Waals surface area contributed by atoms with Crippen LogP contribution >= 0.6 is 24.0 Å². The first-order valence-electron chi connectivity index (χ1n) is 4.39. The fourth-order valence-electron chi connectivity index (χ4n) is 1.03. The van der Waals surface area contributed by atoms with E-state index >= 15 is 0 Å². The van der Waals surface area contributed by atoms with Crippen LogP contribution in [0, 0.1) is 5.92 Å². The minimum absolute atomic E-state index is 0.573. The maximum atomic E-state index is 5.19. The monoisotopic (exact) mass is 206 g/mol. The van der Waals surface area contributed by atoms with Crippen LogP contribution in [-0.4, -0.2) is 16.2 Å². The summed E-state index contributed by atoms with van der Waals surface area (Å²) in [5.74, 6) is 0.733. The lowest BCUT2D eigenvalue weighted by molar-refractivity contribution is 0.346. The van der Waals surface area contributed by atoms with Crippen LogP contribution in [0.4, 0.5) is 0 Å². The van der Waals surface area contributed by atoms with Gasteiger partial charge in [-0.25, -0.2) is 0 Å². The van der Waals surface area contributed by atoms with Gasteiger partial charge in [0.25, 0.3) is 0 Å². The van der Waals surface area contributed by atoms with Crippen molar-refractivity contribution in [2.75, 3.05) is 6.61 Å². The molecule has 0 aromatic carbocycles. The largest absolute Gasteiger partial charge is 0.479 e. The van der Waals surface area contributed by atoms with Crippen LogP contribution in [0.1, 0.15) is 34.1 Å². The quantitative estimate of drug-likeness (QED) is 0.652. The van der Waals surface area contributed by atoms with Gasteiger partial charge in [-0.05, 0) is 31.5 Å². The first kappa shape index (κ1) is 12.2. The third kappa shape index (κ3) is 6.92. The fraction of sp³-hybridized carbons (Fsp3) is 0.889. The van der Waals surface area contributed by atoms with Crippen molar-refractivity contribution in [3.05, 3.63) is 0 Å². The fourth-order valence-corrected chi connectivity index (χ4v) is 2.63. The molecule has 0 fully saturated rings. The Bertz CT molecular complexity index is 134. The Labute approximate surface area is 85.3 Å². The average Bonchev–Trinajstić information content (AvgIpc) is 1.84. The Morgan fingerprint density at radius 2 is 2.00 bits per heavy atom. The van der Waals surface area contributed by atoms with Gasteiger partial charge in [0, 0.05) is 5.25 Å². The van der Waals surface area contributed by atoms with E-state index in [4.69, 9.17) is 17.0 Å². The highest BCUT2D eigenvalue weighted by Gasteiger charge is 2.08. The van der Waals surface area contributed by atoms with E-state index in [-0.39, 0.29) is 0 Å². The Kier molecular flexibility index (Phi) is 6.86. The summed E-state index contributed by atoms with van der Waals surface area (Å²) >= 11 is 6.68. The molecule has 1 atom stereocenters. The molecular formula is C9H18OS2. The lowest BCUT2D eigenvalue weighted by Gasteiger charge is -2.13. The highest BCUT2D eigenvalue weighted by molar-refractivity contribution is 8.23.